The first-order chi connectivity index (χ1) is 11.9. The summed E-state index contributed by atoms with van der Waals surface area (Å²) in [5.41, 5.74) is 5.93. The number of nitrogens with two attached hydrogens (primary N) is 1. The molecule has 2 rings (SSSR count). The van der Waals surface area contributed by atoms with Crippen LogP contribution in [0.1, 0.15) is 31.0 Å². The Morgan fingerprint density at radius 2 is 1.96 bits per heavy atom. The number of hydrogen-bond acceptors (Lipinski definition) is 5. The molecule has 0 atom stereocenters. The molecule has 2 aromatic rings. The highest BCUT2D eigenvalue weighted by Crippen LogP contribution is 2.31. The highest BCUT2D eigenvalue weighted by molar-refractivity contribution is 7.99. The number of ether oxygens (including phenoxy) is 1. The summed E-state index contributed by atoms with van der Waals surface area (Å²) >= 11 is 1.51. The molecule has 0 aliphatic heterocycles. The van der Waals surface area contributed by atoms with Crippen molar-refractivity contribution in [2.24, 2.45) is 0 Å². The average molecular weight is 371 g/mol. The van der Waals surface area contributed by atoms with Gasteiger partial charge in [0.15, 0.2) is 5.16 Å². The van der Waals surface area contributed by atoms with Crippen molar-refractivity contribution in [1.29, 1.82) is 0 Å². The summed E-state index contributed by atoms with van der Waals surface area (Å²) in [5.74, 6) is 1.48. The van der Waals surface area contributed by atoms with Crippen LogP contribution in [0.3, 0.4) is 0 Å². The molecular formula is C17H20F3N3OS. The quantitative estimate of drug-likeness (QED) is 0.418. The van der Waals surface area contributed by atoms with Gasteiger partial charge in [-0.1, -0.05) is 24.8 Å². The number of benzene rings is 1. The Labute approximate surface area is 149 Å². The molecule has 0 fully saturated rings. The molecule has 0 aliphatic carbocycles. The van der Waals surface area contributed by atoms with Crippen molar-refractivity contribution >= 4 is 17.6 Å². The van der Waals surface area contributed by atoms with Gasteiger partial charge in [-0.15, -0.1) is 0 Å². The number of thioether (sulfide) groups is 1. The monoisotopic (exact) mass is 371 g/mol. The van der Waals surface area contributed by atoms with Gasteiger partial charge in [0, 0.05) is 17.5 Å². The van der Waals surface area contributed by atoms with E-state index in [2.05, 4.69) is 9.97 Å². The van der Waals surface area contributed by atoms with Crippen LogP contribution in [0.25, 0.3) is 0 Å². The number of aromatic nitrogens is 2. The van der Waals surface area contributed by atoms with Gasteiger partial charge in [0.2, 0.25) is 0 Å². The maximum atomic E-state index is 12.6. The normalized spacial score (nSPS) is 11.5. The van der Waals surface area contributed by atoms with Crippen LogP contribution in [-0.4, -0.2) is 22.3 Å². The zero-order valence-electron chi connectivity index (χ0n) is 13.8. The van der Waals surface area contributed by atoms with Crippen LogP contribution in [0, 0.1) is 0 Å². The molecule has 0 amide bonds. The lowest BCUT2D eigenvalue weighted by Crippen LogP contribution is -2.05. The summed E-state index contributed by atoms with van der Waals surface area (Å²) < 4.78 is 43.3. The summed E-state index contributed by atoms with van der Waals surface area (Å²) in [5, 5.41) is 0.649. The fraction of sp³-hybridized carbons (Fsp3) is 0.412. The van der Waals surface area contributed by atoms with E-state index in [0.29, 0.717) is 17.6 Å². The Kier molecular flexibility index (Phi) is 6.92. The topological polar surface area (TPSA) is 61.0 Å². The number of rotatable bonds is 8. The molecule has 0 saturated heterocycles. The van der Waals surface area contributed by atoms with E-state index < -0.39 is 11.7 Å². The Hall–Kier alpha value is -1.96. The summed E-state index contributed by atoms with van der Waals surface area (Å²) in [7, 11) is 0. The van der Waals surface area contributed by atoms with E-state index in [0.717, 1.165) is 42.8 Å². The standard InChI is InChI=1S/C17H20F3N3OS/c1-2-13-11-15(21)23-16(22-13)25-9-4-3-8-24-14-7-5-6-12(10-14)17(18,19)20/h5-7,10-11H,2-4,8-9H2,1H3,(H2,21,22,23). The van der Waals surface area contributed by atoms with Gasteiger partial charge in [0.05, 0.1) is 12.2 Å². The van der Waals surface area contributed by atoms with Crippen LogP contribution in [-0.2, 0) is 12.6 Å². The molecule has 4 nitrogen and oxygen atoms in total. The second-order valence-electron chi connectivity index (χ2n) is 5.35. The van der Waals surface area contributed by atoms with Crippen molar-refractivity contribution in [3.05, 3.63) is 41.6 Å². The molecule has 0 aliphatic rings. The van der Waals surface area contributed by atoms with Gasteiger partial charge in [0.1, 0.15) is 11.6 Å². The van der Waals surface area contributed by atoms with Gasteiger partial charge in [-0.3, -0.25) is 0 Å². The van der Waals surface area contributed by atoms with Crippen LogP contribution in [0.4, 0.5) is 19.0 Å². The molecule has 0 bridgehead atoms. The number of unbranched alkanes of at least 4 members (excludes halogenated alkanes) is 1. The van der Waals surface area contributed by atoms with Gasteiger partial charge in [-0.05, 0) is 37.5 Å². The smallest absolute Gasteiger partial charge is 0.416 e. The molecule has 2 N–H and O–H groups in total. The molecular weight excluding hydrogens is 351 g/mol. The van der Waals surface area contributed by atoms with Crippen LogP contribution in [0.15, 0.2) is 35.5 Å². The third-order valence-corrected chi connectivity index (χ3v) is 4.27. The molecule has 1 aromatic carbocycles. The maximum absolute atomic E-state index is 12.6. The molecule has 1 heterocycles. The summed E-state index contributed by atoms with van der Waals surface area (Å²) in [6, 6.07) is 6.67. The second-order valence-corrected chi connectivity index (χ2v) is 6.41. The molecule has 0 spiro atoms. The first-order valence-electron chi connectivity index (χ1n) is 7.95. The molecule has 8 heteroatoms. The minimum Gasteiger partial charge on any atom is -0.494 e. The lowest BCUT2D eigenvalue weighted by atomic mass is 10.2. The minimum atomic E-state index is -4.36. The van der Waals surface area contributed by atoms with Crippen molar-refractivity contribution in [2.75, 3.05) is 18.1 Å². The van der Waals surface area contributed by atoms with E-state index in [-0.39, 0.29) is 5.75 Å². The number of anilines is 1. The number of aryl methyl sites for hydroxylation is 1. The van der Waals surface area contributed by atoms with Gasteiger partial charge in [0.25, 0.3) is 0 Å². The van der Waals surface area contributed by atoms with Gasteiger partial charge >= 0.3 is 6.18 Å². The van der Waals surface area contributed by atoms with Crippen LogP contribution in [0.5, 0.6) is 5.75 Å². The van der Waals surface area contributed by atoms with Crippen molar-refractivity contribution in [3.8, 4) is 5.75 Å². The molecule has 0 radical (unpaired) electrons. The van der Waals surface area contributed by atoms with E-state index in [4.69, 9.17) is 10.5 Å². The Morgan fingerprint density at radius 1 is 1.16 bits per heavy atom. The van der Waals surface area contributed by atoms with Crippen molar-refractivity contribution in [3.63, 3.8) is 0 Å². The summed E-state index contributed by atoms with van der Waals surface area (Å²) in [6.07, 6.45) is -1.99. The minimum absolute atomic E-state index is 0.231. The molecule has 0 unspecified atom stereocenters. The zero-order valence-corrected chi connectivity index (χ0v) is 14.7. The SMILES string of the molecule is CCc1cc(N)nc(SCCCCOc2cccc(C(F)(F)F)c2)n1. The average Bonchev–Trinajstić information content (AvgIpc) is 2.57. The number of nitrogen functional groups attached to an aromatic ring is 1. The number of hydrogen-bond donors (Lipinski definition) is 1. The predicted molar refractivity (Wildman–Crippen MR) is 92.7 cm³/mol. The first kappa shape index (κ1) is 19.4. The molecule has 0 saturated carbocycles. The molecule has 25 heavy (non-hydrogen) atoms. The lowest BCUT2D eigenvalue weighted by molar-refractivity contribution is -0.137. The van der Waals surface area contributed by atoms with E-state index in [1.807, 2.05) is 6.92 Å². The molecule has 1 aromatic heterocycles. The summed E-state index contributed by atoms with van der Waals surface area (Å²) in [6.45, 7) is 2.36. The highest BCUT2D eigenvalue weighted by atomic mass is 32.2. The van der Waals surface area contributed by atoms with Crippen molar-refractivity contribution in [1.82, 2.24) is 9.97 Å². The highest BCUT2D eigenvalue weighted by Gasteiger charge is 2.30. The van der Waals surface area contributed by atoms with Crippen molar-refractivity contribution in [2.45, 2.75) is 37.5 Å². The van der Waals surface area contributed by atoms with Crippen LogP contribution < -0.4 is 10.5 Å². The van der Waals surface area contributed by atoms with Gasteiger partial charge < -0.3 is 10.5 Å². The van der Waals surface area contributed by atoms with Gasteiger partial charge in [-0.25, -0.2) is 9.97 Å². The first-order valence-corrected chi connectivity index (χ1v) is 8.93. The summed E-state index contributed by atoms with van der Waals surface area (Å²) in [4.78, 5) is 8.56. The number of nitrogens with zero attached hydrogens (tertiary/aromatic N) is 2. The van der Waals surface area contributed by atoms with Gasteiger partial charge in [-0.2, -0.15) is 13.2 Å². The number of halogens is 3. The second kappa shape index (κ2) is 8.94. The van der Waals surface area contributed by atoms with E-state index in [9.17, 15) is 13.2 Å². The fourth-order valence-corrected chi connectivity index (χ4v) is 2.94. The third-order valence-electron chi connectivity index (χ3n) is 3.34. The predicted octanol–water partition coefficient (Wildman–Crippen LogP) is 4.59. The lowest BCUT2D eigenvalue weighted by Gasteiger charge is -2.10. The van der Waals surface area contributed by atoms with Crippen molar-refractivity contribution < 1.29 is 17.9 Å². The largest absolute Gasteiger partial charge is 0.494 e. The maximum Gasteiger partial charge on any atom is 0.416 e. The van der Waals surface area contributed by atoms with E-state index in [1.165, 1.54) is 23.9 Å². The third kappa shape index (κ3) is 6.45. The molecule has 136 valence electrons. The van der Waals surface area contributed by atoms with E-state index >= 15 is 0 Å². The Balaban J connectivity index is 1.71. The number of alkyl halides is 3. The van der Waals surface area contributed by atoms with Crippen LogP contribution >= 0.6 is 11.8 Å². The van der Waals surface area contributed by atoms with Crippen LogP contribution in [0.2, 0.25) is 0 Å². The zero-order chi connectivity index (χ0) is 18.3. The Bertz CT molecular complexity index is 695. The fourth-order valence-electron chi connectivity index (χ4n) is 2.06. The Morgan fingerprint density at radius 3 is 2.68 bits per heavy atom. The van der Waals surface area contributed by atoms with E-state index in [1.54, 1.807) is 6.07 Å².